The Morgan fingerprint density at radius 1 is 1.00 bits per heavy atom. The van der Waals surface area contributed by atoms with Gasteiger partial charge < -0.3 is 0 Å². The SMILES string of the molecule is CCCCC(=O)C(=O)CC(=O)c1ccccc1. The molecule has 3 nitrogen and oxygen atoms in total. The number of Topliss-reactive ketones (excluding diaryl/α,β-unsaturated/α-hetero) is 3. The highest BCUT2D eigenvalue weighted by atomic mass is 16.2. The first-order valence-electron chi connectivity index (χ1n) is 5.79. The van der Waals surface area contributed by atoms with Crippen LogP contribution in [0.4, 0.5) is 0 Å². The summed E-state index contributed by atoms with van der Waals surface area (Å²) >= 11 is 0. The molecule has 0 N–H and O–H groups in total. The summed E-state index contributed by atoms with van der Waals surface area (Å²) in [6.45, 7) is 1.95. The van der Waals surface area contributed by atoms with Crippen LogP contribution in [0.25, 0.3) is 0 Å². The number of ketones is 3. The minimum atomic E-state index is -0.577. The molecular weight excluding hydrogens is 216 g/mol. The van der Waals surface area contributed by atoms with Crippen LogP contribution >= 0.6 is 0 Å². The van der Waals surface area contributed by atoms with E-state index < -0.39 is 11.6 Å². The molecule has 0 heterocycles. The zero-order valence-corrected chi connectivity index (χ0v) is 9.94. The minimum absolute atomic E-state index is 0.247. The van der Waals surface area contributed by atoms with Gasteiger partial charge in [0.05, 0.1) is 6.42 Å². The van der Waals surface area contributed by atoms with Gasteiger partial charge in [-0.1, -0.05) is 43.7 Å². The summed E-state index contributed by atoms with van der Waals surface area (Å²) in [7, 11) is 0. The van der Waals surface area contributed by atoms with Crippen LogP contribution in [-0.4, -0.2) is 17.3 Å². The number of hydrogen-bond donors (Lipinski definition) is 0. The summed E-state index contributed by atoms with van der Waals surface area (Å²) < 4.78 is 0. The van der Waals surface area contributed by atoms with Crippen molar-refractivity contribution in [3.05, 3.63) is 35.9 Å². The molecule has 0 radical (unpaired) electrons. The predicted octanol–water partition coefficient (Wildman–Crippen LogP) is 2.59. The topological polar surface area (TPSA) is 51.2 Å². The molecule has 0 spiro atoms. The normalized spacial score (nSPS) is 9.94. The van der Waals surface area contributed by atoms with E-state index in [1.807, 2.05) is 6.92 Å². The van der Waals surface area contributed by atoms with Crippen molar-refractivity contribution in [3.63, 3.8) is 0 Å². The van der Waals surface area contributed by atoms with Gasteiger partial charge in [0, 0.05) is 12.0 Å². The Morgan fingerprint density at radius 3 is 2.24 bits per heavy atom. The van der Waals surface area contributed by atoms with Gasteiger partial charge in [0.1, 0.15) is 0 Å². The second kappa shape index (κ2) is 6.74. The molecule has 0 unspecified atom stereocenters. The van der Waals surface area contributed by atoms with E-state index in [1.54, 1.807) is 30.3 Å². The first-order chi connectivity index (χ1) is 8.15. The van der Waals surface area contributed by atoms with E-state index in [9.17, 15) is 14.4 Å². The molecular formula is C14H16O3. The summed E-state index contributed by atoms with van der Waals surface area (Å²) in [4.78, 5) is 34.5. The van der Waals surface area contributed by atoms with Crippen molar-refractivity contribution in [3.8, 4) is 0 Å². The summed E-state index contributed by atoms with van der Waals surface area (Å²) in [6.07, 6.45) is 1.50. The Balaban J connectivity index is 2.52. The number of hydrogen-bond acceptors (Lipinski definition) is 3. The summed E-state index contributed by atoms with van der Waals surface area (Å²) in [5.41, 5.74) is 0.476. The Bertz CT molecular complexity index is 407. The third kappa shape index (κ3) is 4.31. The number of carbonyl (C=O) groups excluding carboxylic acids is 3. The lowest BCUT2D eigenvalue weighted by atomic mass is 10.0. The fraction of sp³-hybridized carbons (Fsp3) is 0.357. The molecule has 0 aromatic heterocycles. The molecule has 3 heteroatoms. The second-order valence-electron chi connectivity index (χ2n) is 3.92. The van der Waals surface area contributed by atoms with Gasteiger partial charge in [-0.3, -0.25) is 14.4 Å². The molecule has 0 aliphatic carbocycles. The Morgan fingerprint density at radius 2 is 1.65 bits per heavy atom. The monoisotopic (exact) mass is 232 g/mol. The number of carbonyl (C=O) groups is 3. The molecule has 0 amide bonds. The smallest absolute Gasteiger partial charge is 0.206 e. The van der Waals surface area contributed by atoms with E-state index in [0.717, 1.165) is 6.42 Å². The molecule has 1 rings (SSSR count). The van der Waals surface area contributed by atoms with Crippen molar-refractivity contribution in [1.82, 2.24) is 0 Å². The van der Waals surface area contributed by atoms with Crippen LogP contribution in [0.1, 0.15) is 43.0 Å². The molecule has 0 bridgehead atoms. The molecule has 17 heavy (non-hydrogen) atoms. The predicted molar refractivity (Wildman–Crippen MR) is 64.9 cm³/mol. The molecule has 0 aliphatic rings. The molecule has 0 atom stereocenters. The average molecular weight is 232 g/mol. The molecule has 90 valence electrons. The van der Waals surface area contributed by atoms with Gasteiger partial charge in [0.2, 0.25) is 5.78 Å². The number of rotatable bonds is 7. The van der Waals surface area contributed by atoms with Crippen molar-refractivity contribution >= 4 is 17.3 Å². The van der Waals surface area contributed by atoms with Crippen molar-refractivity contribution in [2.75, 3.05) is 0 Å². The largest absolute Gasteiger partial charge is 0.294 e. The van der Waals surface area contributed by atoms with Crippen molar-refractivity contribution < 1.29 is 14.4 Å². The summed E-state index contributed by atoms with van der Waals surface area (Å²) in [5.74, 6) is -1.30. The van der Waals surface area contributed by atoms with Gasteiger partial charge in [0.15, 0.2) is 11.6 Å². The third-order valence-corrected chi connectivity index (χ3v) is 2.49. The standard InChI is InChI=1S/C14H16O3/c1-2-3-9-12(15)14(17)10-13(16)11-7-5-4-6-8-11/h4-8H,2-3,9-10H2,1H3. The second-order valence-corrected chi connectivity index (χ2v) is 3.92. The Kier molecular flexibility index (Phi) is 5.27. The van der Waals surface area contributed by atoms with Crippen molar-refractivity contribution in [1.29, 1.82) is 0 Å². The number of unbranched alkanes of at least 4 members (excludes halogenated alkanes) is 1. The van der Waals surface area contributed by atoms with Crippen molar-refractivity contribution in [2.24, 2.45) is 0 Å². The van der Waals surface area contributed by atoms with Crippen LogP contribution in [0.2, 0.25) is 0 Å². The molecule has 1 aromatic carbocycles. The Hall–Kier alpha value is -1.77. The van der Waals surface area contributed by atoms with Crippen LogP contribution in [-0.2, 0) is 9.59 Å². The van der Waals surface area contributed by atoms with Crippen LogP contribution in [0.15, 0.2) is 30.3 Å². The zero-order chi connectivity index (χ0) is 12.7. The minimum Gasteiger partial charge on any atom is -0.294 e. The molecule has 0 saturated carbocycles. The maximum absolute atomic E-state index is 11.7. The maximum Gasteiger partial charge on any atom is 0.206 e. The van der Waals surface area contributed by atoms with E-state index in [1.165, 1.54) is 0 Å². The van der Waals surface area contributed by atoms with Crippen LogP contribution in [0, 0.1) is 0 Å². The van der Waals surface area contributed by atoms with Gasteiger partial charge in [-0.15, -0.1) is 0 Å². The highest BCUT2D eigenvalue weighted by molar-refractivity contribution is 6.41. The van der Waals surface area contributed by atoms with Crippen LogP contribution in [0.3, 0.4) is 0 Å². The quantitative estimate of drug-likeness (QED) is 0.412. The third-order valence-electron chi connectivity index (χ3n) is 2.49. The summed E-state index contributed by atoms with van der Waals surface area (Å²) in [6, 6.07) is 8.55. The van der Waals surface area contributed by atoms with Gasteiger partial charge >= 0.3 is 0 Å². The highest BCUT2D eigenvalue weighted by Crippen LogP contribution is 2.05. The van der Waals surface area contributed by atoms with E-state index in [-0.39, 0.29) is 18.6 Å². The lowest BCUT2D eigenvalue weighted by Gasteiger charge is -2.00. The van der Waals surface area contributed by atoms with E-state index in [0.29, 0.717) is 12.0 Å². The molecule has 0 fully saturated rings. The van der Waals surface area contributed by atoms with Gasteiger partial charge in [-0.05, 0) is 6.42 Å². The van der Waals surface area contributed by atoms with Gasteiger partial charge in [-0.2, -0.15) is 0 Å². The fourth-order valence-electron chi connectivity index (χ4n) is 1.45. The molecule has 0 aliphatic heterocycles. The maximum atomic E-state index is 11.7. The molecule has 0 saturated heterocycles. The molecule has 1 aromatic rings. The van der Waals surface area contributed by atoms with E-state index in [4.69, 9.17) is 0 Å². The summed E-state index contributed by atoms with van der Waals surface area (Å²) in [5, 5.41) is 0. The number of benzene rings is 1. The van der Waals surface area contributed by atoms with Crippen molar-refractivity contribution in [2.45, 2.75) is 32.6 Å². The van der Waals surface area contributed by atoms with Crippen LogP contribution < -0.4 is 0 Å². The first-order valence-corrected chi connectivity index (χ1v) is 5.79. The van der Waals surface area contributed by atoms with E-state index >= 15 is 0 Å². The van der Waals surface area contributed by atoms with Gasteiger partial charge in [-0.25, -0.2) is 0 Å². The zero-order valence-electron chi connectivity index (χ0n) is 9.94. The Labute approximate surface area is 101 Å². The first kappa shape index (κ1) is 13.3. The van der Waals surface area contributed by atoms with Gasteiger partial charge in [0.25, 0.3) is 0 Å². The fourth-order valence-corrected chi connectivity index (χ4v) is 1.45. The van der Waals surface area contributed by atoms with Crippen LogP contribution in [0.5, 0.6) is 0 Å². The lowest BCUT2D eigenvalue weighted by molar-refractivity contribution is -0.136. The lowest BCUT2D eigenvalue weighted by Crippen LogP contribution is -2.17. The average Bonchev–Trinajstić information content (AvgIpc) is 2.36. The van der Waals surface area contributed by atoms with E-state index in [2.05, 4.69) is 0 Å². The highest BCUT2D eigenvalue weighted by Gasteiger charge is 2.17.